The number of rotatable bonds is 6. The zero-order chi connectivity index (χ0) is 14.5. The quantitative estimate of drug-likeness (QED) is 0.861. The molecule has 0 radical (unpaired) electrons. The molecule has 1 fully saturated rings. The predicted molar refractivity (Wildman–Crippen MR) is 83.9 cm³/mol. The molecule has 1 aromatic rings. The standard InChI is InChI=1S/C16H22BrNO2/c1-12(10-13-2-5-15(17)6-3-13)18-9-8-14(11-18)4-7-16(19)20/h2-3,5-6,12,14H,4,7-11H2,1H3,(H,19,20). The first-order chi connectivity index (χ1) is 9.54. The van der Waals surface area contributed by atoms with Gasteiger partial charge in [0.1, 0.15) is 0 Å². The van der Waals surface area contributed by atoms with Crippen LogP contribution in [0.25, 0.3) is 0 Å². The molecule has 1 N–H and O–H groups in total. The number of aliphatic carboxylic acids is 1. The average molecular weight is 340 g/mol. The minimum atomic E-state index is -0.675. The molecule has 0 aromatic heterocycles. The summed E-state index contributed by atoms with van der Waals surface area (Å²) in [6.45, 7) is 4.41. The van der Waals surface area contributed by atoms with Gasteiger partial charge in [0.2, 0.25) is 0 Å². The first kappa shape index (κ1) is 15.5. The molecule has 1 saturated heterocycles. The number of hydrogen-bond donors (Lipinski definition) is 1. The number of benzene rings is 1. The minimum Gasteiger partial charge on any atom is -0.481 e. The van der Waals surface area contributed by atoms with E-state index in [0.29, 0.717) is 18.4 Å². The Morgan fingerprint density at radius 2 is 2.15 bits per heavy atom. The molecule has 1 heterocycles. The van der Waals surface area contributed by atoms with Crippen LogP contribution >= 0.6 is 15.9 Å². The van der Waals surface area contributed by atoms with Crippen molar-refractivity contribution in [1.82, 2.24) is 4.90 Å². The van der Waals surface area contributed by atoms with E-state index in [1.165, 1.54) is 5.56 Å². The number of halogens is 1. The van der Waals surface area contributed by atoms with Crippen LogP contribution in [-0.4, -0.2) is 35.1 Å². The molecule has 0 bridgehead atoms. The van der Waals surface area contributed by atoms with Gasteiger partial charge < -0.3 is 10.0 Å². The topological polar surface area (TPSA) is 40.5 Å². The van der Waals surface area contributed by atoms with Crippen molar-refractivity contribution >= 4 is 21.9 Å². The predicted octanol–water partition coefficient (Wildman–Crippen LogP) is 3.57. The number of carbonyl (C=O) groups is 1. The third-order valence-corrected chi connectivity index (χ3v) is 4.68. The Morgan fingerprint density at radius 3 is 2.80 bits per heavy atom. The van der Waals surface area contributed by atoms with Crippen molar-refractivity contribution in [1.29, 1.82) is 0 Å². The van der Waals surface area contributed by atoms with Gasteiger partial charge in [-0.05, 0) is 56.3 Å². The van der Waals surface area contributed by atoms with E-state index in [4.69, 9.17) is 5.11 Å². The van der Waals surface area contributed by atoms with Crippen molar-refractivity contribution in [3.05, 3.63) is 34.3 Å². The summed E-state index contributed by atoms with van der Waals surface area (Å²) < 4.78 is 1.11. The van der Waals surface area contributed by atoms with Crippen LogP contribution in [0.1, 0.15) is 31.7 Å². The second-order valence-corrected chi connectivity index (χ2v) is 6.68. The molecule has 0 spiro atoms. The van der Waals surface area contributed by atoms with Gasteiger partial charge in [-0.1, -0.05) is 28.1 Å². The fourth-order valence-electron chi connectivity index (χ4n) is 2.92. The van der Waals surface area contributed by atoms with Crippen LogP contribution in [0.4, 0.5) is 0 Å². The van der Waals surface area contributed by atoms with E-state index in [-0.39, 0.29) is 0 Å². The third kappa shape index (κ3) is 4.60. The van der Waals surface area contributed by atoms with E-state index in [1.807, 2.05) is 0 Å². The van der Waals surface area contributed by atoms with E-state index in [0.717, 1.165) is 36.8 Å². The molecule has 1 aliphatic rings. The summed E-state index contributed by atoms with van der Waals surface area (Å²) in [5.74, 6) is -0.121. The second-order valence-electron chi connectivity index (χ2n) is 5.76. The molecule has 20 heavy (non-hydrogen) atoms. The number of carboxylic acids is 1. The summed E-state index contributed by atoms with van der Waals surface area (Å²) in [5.41, 5.74) is 1.36. The lowest BCUT2D eigenvalue weighted by atomic mass is 10.0. The lowest BCUT2D eigenvalue weighted by molar-refractivity contribution is -0.137. The Kier molecular flexibility index (Phi) is 5.61. The van der Waals surface area contributed by atoms with E-state index < -0.39 is 5.97 Å². The SMILES string of the molecule is CC(Cc1ccc(Br)cc1)N1CCC(CCC(=O)O)C1. The highest BCUT2D eigenvalue weighted by molar-refractivity contribution is 9.10. The lowest BCUT2D eigenvalue weighted by Crippen LogP contribution is -2.32. The molecule has 2 unspecified atom stereocenters. The van der Waals surface area contributed by atoms with Crippen molar-refractivity contribution in [2.45, 2.75) is 38.6 Å². The molecular formula is C16H22BrNO2. The van der Waals surface area contributed by atoms with E-state index in [1.54, 1.807) is 0 Å². The molecule has 4 heteroatoms. The van der Waals surface area contributed by atoms with Gasteiger partial charge in [0.25, 0.3) is 0 Å². The summed E-state index contributed by atoms with van der Waals surface area (Å²) >= 11 is 3.46. The fourth-order valence-corrected chi connectivity index (χ4v) is 3.18. The van der Waals surface area contributed by atoms with Gasteiger partial charge in [-0.2, -0.15) is 0 Å². The number of likely N-dealkylation sites (tertiary alicyclic amines) is 1. The van der Waals surface area contributed by atoms with Crippen molar-refractivity contribution < 1.29 is 9.90 Å². The molecule has 0 amide bonds. The second kappa shape index (κ2) is 7.23. The maximum Gasteiger partial charge on any atom is 0.303 e. The monoisotopic (exact) mass is 339 g/mol. The van der Waals surface area contributed by atoms with Gasteiger partial charge >= 0.3 is 5.97 Å². The summed E-state index contributed by atoms with van der Waals surface area (Å²) in [6, 6.07) is 9.02. The summed E-state index contributed by atoms with van der Waals surface area (Å²) in [5, 5.41) is 8.75. The van der Waals surface area contributed by atoms with Gasteiger partial charge in [0, 0.05) is 23.5 Å². The summed E-state index contributed by atoms with van der Waals surface area (Å²) in [6.07, 6.45) is 3.31. The maximum atomic E-state index is 10.6. The fraction of sp³-hybridized carbons (Fsp3) is 0.562. The highest BCUT2D eigenvalue weighted by Crippen LogP contribution is 2.24. The van der Waals surface area contributed by atoms with Crippen LogP contribution in [0, 0.1) is 5.92 Å². The molecule has 0 aliphatic carbocycles. The van der Waals surface area contributed by atoms with Crippen LogP contribution in [-0.2, 0) is 11.2 Å². The molecule has 3 nitrogen and oxygen atoms in total. The van der Waals surface area contributed by atoms with Crippen molar-refractivity contribution in [3.8, 4) is 0 Å². The molecule has 1 aliphatic heterocycles. The Labute approximate surface area is 129 Å². The van der Waals surface area contributed by atoms with Crippen molar-refractivity contribution in [3.63, 3.8) is 0 Å². The Morgan fingerprint density at radius 1 is 1.45 bits per heavy atom. The highest BCUT2D eigenvalue weighted by Gasteiger charge is 2.26. The number of nitrogens with zero attached hydrogens (tertiary/aromatic N) is 1. The van der Waals surface area contributed by atoms with Crippen LogP contribution < -0.4 is 0 Å². The van der Waals surface area contributed by atoms with E-state index in [2.05, 4.69) is 52.0 Å². The Balaban J connectivity index is 1.80. The molecule has 110 valence electrons. The van der Waals surface area contributed by atoms with Gasteiger partial charge in [-0.3, -0.25) is 4.79 Å². The highest BCUT2D eigenvalue weighted by atomic mass is 79.9. The Bertz CT molecular complexity index is 446. The number of carboxylic acid groups (broad SMARTS) is 1. The maximum absolute atomic E-state index is 10.6. The lowest BCUT2D eigenvalue weighted by Gasteiger charge is -2.24. The first-order valence-electron chi connectivity index (χ1n) is 7.25. The first-order valence-corrected chi connectivity index (χ1v) is 8.04. The van der Waals surface area contributed by atoms with Gasteiger partial charge in [-0.25, -0.2) is 0 Å². The smallest absolute Gasteiger partial charge is 0.303 e. The van der Waals surface area contributed by atoms with E-state index >= 15 is 0 Å². The van der Waals surface area contributed by atoms with Crippen LogP contribution in [0.5, 0.6) is 0 Å². The normalized spacial score (nSPS) is 21.0. The Hall–Kier alpha value is -0.870. The molecular weight excluding hydrogens is 318 g/mol. The molecule has 0 saturated carbocycles. The number of hydrogen-bond acceptors (Lipinski definition) is 2. The zero-order valence-electron chi connectivity index (χ0n) is 11.9. The molecule has 1 aromatic carbocycles. The average Bonchev–Trinajstić information content (AvgIpc) is 2.88. The summed E-state index contributed by atoms with van der Waals surface area (Å²) in [7, 11) is 0. The van der Waals surface area contributed by atoms with Crippen molar-refractivity contribution in [2.24, 2.45) is 5.92 Å². The van der Waals surface area contributed by atoms with Crippen LogP contribution in [0.15, 0.2) is 28.7 Å². The van der Waals surface area contributed by atoms with Crippen molar-refractivity contribution in [2.75, 3.05) is 13.1 Å². The van der Waals surface area contributed by atoms with Gasteiger partial charge in [0.15, 0.2) is 0 Å². The molecule has 2 atom stereocenters. The van der Waals surface area contributed by atoms with Gasteiger partial charge in [-0.15, -0.1) is 0 Å². The zero-order valence-corrected chi connectivity index (χ0v) is 13.5. The summed E-state index contributed by atoms with van der Waals surface area (Å²) in [4.78, 5) is 13.1. The third-order valence-electron chi connectivity index (χ3n) is 4.15. The van der Waals surface area contributed by atoms with Crippen LogP contribution in [0.2, 0.25) is 0 Å². The van der Waals surface area contributed by atoms with Gasteiger partial charge in [0.05, 0.1) is 0 Å². The van der Waals surface area contributed by atoms with E-state index in [9.17, 15) is 4.79 Å². The largest absolute Gasteiger partial charge is 0.481 e. The van der Waals surface area contributed by atoms with Crippen LogP contribution in [0.3, 0.4) is 0 Å². The molecule has 2 rings (SSSR count). The minimum absolute atomic E-state index is 0.305.